The molecule has 6 heteroatoms. The van der Waals surface area contributed by atoms with Crippen LogP contribution in [0.5, 0.6) is 0 Å². The molecule has 3 heterocycles. The average molecular weight is 424 g/mol. The van der Waals surface area contributed by atoms with E-state index in [1.54, 1.807) is 6.07 Å². The van der Waals surface area contributed by atoms with Crippen LogP contribution in [0.2, 0.25) is 0 Å². The Morgan fingerprint density at radius 1 is 1.03 bits per heavy atom. The van der Waals surface area contributed by atoms with E-state index in [-0.39, 0.29) is 16.8 Å². The van der Waals surface area contributed by atoms with E-state index in [2.05, 4.69) is 14.8 Å². The first-order chi connectivity index (χ1) is 15.0. The lowest BCUT2D eigenvalue weighted by atomic mass is 10.0. The zero-order valence-electron chi connectivity index (χ0n) is 17.7. The molecular formula is C25H27F2N3O. The molecule has 2 saturated heterocycles. The van der Waals surface area contributed by atoms with Crippen LogP contribution in [0.25, 0.3) is 10.8 Å². The molecule has 2 aliphatic heterocycles. The van der Waals surface area contributed by atoms with Crippen LogP contribution >= 0.6 is 0 Å². The number of anilines is 1. The Labute approximate surface area is 180 Å². The summed E-state index contributed by atoms with van der Waals surface area (Å²) in [5, 5.41) is 0.852. The summed E-state index contributed by atoms with van der Waals surface area (Å²) in [4.78, 5) is 20.3. The van der Waals surface area contributed by atoms with Gasteiger partial charge < -0.3 is 9.88 Å². The van der Waals surface area contributed by atoms with E-state index in [1.807, 2.05) is 25.1 Å². The highest BCUT2D eigenvalue weighted by Gasteiger charge is 2.39. The molecule has 0 amide bonds. The molecule has 2 fully saturated rings. The average Bonchev–Trinajstić information content (AvgIpc) is 2.98. The third-order valence-corrected chi connectivity index (χ3v) is 6.92. The van der Waals surface area contributed by atoms with Crippen molar-refractivity contribution in [3.8, 4) is 0 Å². The Kier molecular flexibility index (Phi) is 5.26. The Morgan fingerprint density at radius 2 is 1.74 bits per heavy atom. The normalized spacial score (nSPS) is 21.2. The zero-order valence-corrected chi connectivity index (χ0v) is 17.7. The highest BCUT2D eigenvalue weighted by molar-refractivity contribution is 5.85. The lowest BCUT2D eigenvalue weighted by Crippen LogP contribution is -2.54. The Bertz CT molecular complexity index is 1140. The number of nitrogens with one attached hydrogen (secondary N) is 1. The molecule has 1 N–H and O–H groups in total. The molecule has 4 nitrogen and oxygen atoms in total. The van der Waals surface area contributed by atoms with Crippen LogP contribution in [0.1, 0.15) is 30.5 Å². The summed E-state index contributed by atoms with van der Waals surface area (Å²) in [5.74, 6) is -0.668. The summed E-state index contributed by atoms with van der Waals surface area (Å²) < 4.78 is 27.3. The Morgan fingerprint density at radius 3 is 2.45 bits per heavy atom. The van der Waals surface area contributed by atoms with E-state index in [0.717, 1.165) is 49.4 Å². The fourth-order valence-electron chi connectivity index (χ4n) is 5.34. The fourth-order valence-corrected chi connectivity index (χ4v) is 5.34. The van der Waals surface area contributed by atoms with Crippen molar-refractivity contribution in [3.05, 3.63) is 75.7 Å². The van der Waals surface area contributed by atoms with Crippen molar-refractivity contribution in [1.82, 2.24) is 9.88 Å². The van der Waals surface area contributed by atoms with Gasteiger partial charge in [-0.15, -0.1) is 0 Å². The number of hydrogen-bond donors (Lipinski definition) is 1. The van der Waals surface area contributed by atoms with Crippen molar-refractivity contribution < 1.29 is 8.78 Å². The van der Waals surface area contributed by atoms with Crippen LogP contribution in [0.15, 0.2) is 47.3 Å². The number of aromatic amines is 1. The fraction of sp³-hybridized carbons (Fsp3) is 0.400. The standard InChI is InChI=1S/C25H27F2N3O/c1-16-4-11-23(27)24-22(16)13-18(28-25(24)31)3-2-12-30-20-9-10-21(30)15-29(14-20)19-7-5-17(26)6-8-19/h4-8,11,13,20-21H,2-3,9-10,12,14-15H2,1H3,(H,28,31). The van der Waals surface area contributed by atoms with Gasteiger partial charge in [-0.05, 0) is 86.5 Å². The van der Waals surface area contributed by atoms with Gasteiger partial charge in [0, 0.05) is 36.6 Å². The van der Waals surface area contributed by atoms with Crippen molar-refractivity contribution in [2.45, 2.75) is 44.7 Å². The number of rotatable bonds is 5. The second-order valence-electron chi connectivity index (χ2n) is 8.88. The molecule has 2 bridgehead atoms. The number of piperazine rings is 1. The van der Waals surface area contributed by atoms with Crippen LogP contribution in [0.4, 0.5) is 14.5 Å². The highest BCUT2D eigenvalue weighted by atomic mass is 19.1. The highest BCUT2D eigenvalue weighted by Crippen LogP contribution is 2.33. The predicted molar refractivity (Wildman–Crippen MR) is 120 cm³/mol. The molecule has 0 spiro atoms. The smallest absolute Gasteiger partial charge is 0.259 e. The number of H-pyrrole nitrogens is 1. The molecule has 3 aromatic rings. The minimum atomic E-state index is -0.469. The van der Waals surface area contributed by atoms with E-state index in [4.69, 9.17) is 0 Å². The van der Waals surface area contributed by atoms with Gasteiger partial charge >= 0.3 is 0 Å². The molecule has 1 aromatic heterocycles. The second kappa shape index (κ2) is 8.08. The number of benzene rings is 2. The molecule has 0 aliphatic carbocycles. The molecule has 2 aliphatic rings. The van der Waals surface area contributed by atoms with Gasteiger partial charge in [0.05, 0.1) is 5.39 Å². The summed E-state index contributed by atoms with van der Waals surface area (Å²) in [7, 11) is 0. The van der Waals surface area contributed by atoms with Crippen molar-refractivity contribution in [2.24, 2.45) is 0 Å². The lowest BCUT2D eigenvalue weighted by Gasteiger charge is -2.42. The van der Waals surface area contributed by atoms with Crippen LogP contribution in [0.3, 0.4) is 0 Å². The maximum Gasteiger partial charge on any atom is 0.259 e. The first-order valence-corrected chi connectivity index (χ1v) is 11.1. The molecule has 0 radical (unpaired) electrons. The summed E-state index contributed by atoms with van der Waals surface area (Å²) in [6.07, 6.45) is 4.08. The van der Waals surface area contributed by atoms with Crippen molar-refractivity contribution in [3.63, 3.8) is 0 Å². The first-order valence-electron chi connectivity index (χ1n) is 11.1. The Balaban J connectivity index is 1.24. The number of halogens is 2. The molecule has 5 rings (SSSR count). The predicted octanol–water partition coefficient (Wildman–Crippen LogP) is 4.40. The number of fused-ring (bicyclic) bond motifs is 3. The third kappa shape index (κ3) is 3.85. The van der Waals surface area contributed by atoms with Gasteiger partial charge in [-0.3, -0.25) is 9.69 Å². The van der Waals surface area contributed by atoms with E-state index in [9.17, 15) is 13.6 Å². The van der Waals surface area contributed by atoms with E-state index < -0.39 is 5.82 Å². The van der Waals surface area contributed by atoms with Gasteiger partial charge in [-0.2, -0.15) is 0 Å². The topological polar surface area (TPSA) is 39.3 Å². The van der Waals surface area contributed by atoms with Gasteiger partial charge in [-0.25, -0.2) is 8.78 Å². The number of aryl methyl sites for hydroxylation is 2. The van der Waals surface area contributed by atoms with Gasteiger partial charge in [0.25, 0.3) is 5.56 Å². The molecule has 0 saturated carbocycles. The summed E-state index contributed by atoms with van der Waals surface area (Å²) in [5.41, 5.74) is 2.53. The van der Waals surface area contributed by atoms with E-state index >= 15 is 0 Å². The maximum atomic E-state index is 14.1. The molecule has 162 valence electrons. The minimum Gasteiger partial charge on any atom is -0.368 e. The number of nitrogens with zero attached hydrogens (tertiary/aromatic N) is 2. The Hall–Kier alpha value is -2.73. The zero-order chi connectivity index (χ0) is 21.5. The second-order valence-corrected chi connectivity index (χ2v) is 8.88. The third-order valence-electron chi connectivity index (χ3n) is 6.92. The molecule has 2 atom stereocenters. The number of aromatic nitrogens is 1. The van der Waals surface area contributed by atoms with Gasteiger partial charge in [0.15, 0.2) is 0 Å². The molecule has 31 heavy (non-hydrogen) atoms. The van der Waals surface area contributed by atoms with Crippen molar-refractivity contribution in [2.75, 3.05) is 24.5 Å². The number of hydrogen-bond acceptors (Lipinski definition) is 3. The summed E-state index contributed by atoms with van der Waals surface area (Å²) >= 11 is 0. The van der Waals surface area contributed by atoms with Crippen molar-refractivity contribution >= 4 is 16.5 Å². The first kappa shape index (κ1) is 20.2. The summed E-state index contributed by atoms with van der Waals surface area (Å²) in [6, 6.07) is 12.8. The van der Waals surface area contributed by atoms with Crippen LogP contribution in [0, 0.1) is 18.6 Å². The number of pyridine rings is 1. The van der Waals surface area contributed by atoms with Gasteiger partial charge in [-0.1, -0.05) is 6.07 Å². The van der Waals surface area contributed by atoms with Gasteiger partial charge in [0.2, 0.25) is 0 Å². The minimum absolute atomic E-state index is 0.152. The van der Waals surface area contributed by atoms with Crippen LogP contribution in [-0.2, 0) is 6.42 Å². The quantitative estimate of drug-likeness (QED) is 0.661. The van der Waals surface area contributed by atoms with Gasteiger partial charge in [0.1, 0.15) is 11.6 Å². The van der Waals surface area contributed by atoms with Crippen molar-refractivity contribution in [1.29, 1.82) is 0 Å². The maximum absolute atomic E-state index is 14.1. The van der Waals surface area contributed by atoms with E-state index in [1.165, 1.54) is 31.0 Å². The monoisotopic (exact) mass is 423 g/mol. The summed E-state index contributed by atoms with van der Waals surface area (Å²) in [6.45, 7) is 4.82. The SMILES string of the molecule is Cc1ccc(F)c2c(=O)[nH]c(CCCN3C4CCC3CN(c3ccc(F)cc3)C4)cc12. The molecular weight excluding hydrogens is 396 g/mol. The molecule has 2 unspecified atom stereocenters. The lowest BCUT2D eigenvalue weighted by molar-refractivity contribution is 0.167. The van der Waals surface area contributed by atoms with Crippen LogP contribution < -0.4 is 10.5 Å². The largest absolute Gasteiger partial charge is 0.368 e. The van der Waals surface area contributed by atoms with Crippen LogP contribution in [-0.4, -0.2) is 41.6 Å². The van der Waals surface area contributed by atoms with E-state index in [0.29, 0.717) is 17.5 Å². The molecule has 2 aromatic carbocycles.